The highest BCUT2D eigenvalue weighted by Gasteiger charge is 2.28. The molecular formula is C26H35N3O2. The highest BCUT2D eigenvalue weighted by atomic mass is 16.5. The van der Waals surface area contributed by atoms with Gasteiger partial charge in [-0.25, -0.2) is 4.98 Å². The molecule has 1 amide bonds. The number of carbonyl (C=O) groups is 1. The second kappa shape index (κ2) is 10.8. The van der Waals surface area contributed by atoms with Crippen LogP contribution in [0.2, 0.25) is 0 Å². The van der Waals surface area contributed by atoms with Crippen molar-refractivity contribution in [1.29, 1.82) is 0 Å². The van der Waals surface area contributed by atoms with Gasteiger partial charge in [-0.3, -0.25) is 9.69 Å². The molecule has 0 radical (unpaired) electrons. The Bertz CT molecular complexity index is 836. The number of pyridine rings is 1. The van der Waals surface area contributed by atoms with Crippen LogP contribution in [0, 0.1) is 5.92 Å². The topological polar surface area (TPSA) is 45.7 Å². The number of benzene rings is 1. The van der Waals surface area contributed by atoms with Gasteiger partial charge in [0, 0.05) is 38.2 Å². The lowest BCUT2D eigenvalue weighted by molar-refractivity contribution is -0.119. The Labute approximate surface area is 186 Å². The van der Waals surface area contributed by atoms with Gasteiger partial charge in [-0.15, -0.1) is 0 Å². The summed E-state index contributed by atoms with van der Waals surface area (Å²) in [6.07, 6.45) is 9.78. The number of anilines is 1. The van der Waals surface area contributed by atoms with Gasteiger partial charge in [0.25, 0.3) is 0 Å². The van der Waals surface area contributed by atoms with E-state index in [4.69, 9.17) is 4.74 Å². The molecule has 1 saturated carbocycles. The van der Waals surface area contributed by atoms with Crippen LogP contribution in [0.3, 0.4) is 0 Å². The molecule has 5 heteroatoms. The van der Waals surface area contributed by atoms with Gasteiger partial charge in [-0.05, 0) is 55.5 Å². The van der Waals surface area contributed by atoms with E-state index in [0.29, 0.717) is 24.8 Å². The minimum atomic E-state index is 0.228. The molecule has 2 heterocycles. The Morgan fingerprint density at radius 2 is 1.90 bits per heavy atom. The third-order valence-corrected chi connectivity index (χ3v) is 6.91. The van der Waals surface area contributed by atoms with Gasteiger partial charge in [-0.1, -0.05) is 43.5 Å². The van der Waals surface area contributed by atoms with Crippen molar-refractivity contribution in [2.24, 2.45) is 5.92 Å². The van der Waals surface area contributed by atoms with Gasteiger partial charge >= 0.3 is 0 Å². The first-order valence-corrected chi connectivity index (χ1v) is 11.8. The lowest BCUT2D eigenvalue weighted by Gasteiger charge is -2.28. The molecule has 0 spiro atoms. The lowest BCUT2D eigenvalue weighted by Crippen LogP contribution is -2.39. The van der Waals surface area contributed by atoms with Crippen LogP contribution in [-0.4, -0.2) is 49.1 Å². The van der Waals surface area contributed by atoms with Crippen LogP contribution < -0.4 is 9.64 Å². The predicted octanol–water partition coefficient (Wildman–Crippen LogP) is 4.88. The van der Waals surface area contributed by atoms with Crippen LogP contribution in [0.25, 0.3) is 0 Å². The fourth-order valence-electron chi connectivity index (χ4n) is 5.16. The van der Waals surface area contributed by atoms with E-state index in [-0.39, 0.29) is 5.91 Å². The monoisotopic (exact) mass is 421 g/mol. The van der Waals surface area contributed by atoms with Crippen LogP contribution in [-0.2, 0) is 4.79 Å². The largest absolute Gasteiger partial charge is 0.496 e. The normalized spacial score (nSPS) is 20.0. The predicted molar refractivity (Wildman–Crippen MR) is 125 cm³/mol. The molecule has 4 rings (SSSR count). The SMILES string of the molecule is COc1ccccc1C1CCN(CCN(C(=O)CC2CCCCC2)c2ccccn2)C1. The van der Waals surface area contributed by atoms with Crippen molar-refractivity contribution in [3.8, 4) is 5.75 Å². The molecule has 2 fully saturated rings. The van der Waals surface area contributed by atoms with E-state index >= 15 is 0 Å². The molecule has 2 aliphatic rings. The molecule has 1 aromatic heterocycles. The Hall–Kier alpha value is -2.40. The number of methoxy groups -OCH3 is 1. The summed E-state index contributed by atoms with van der Waals surface area (Å²) in [5.41, 5.74) is 1.29. The number of rotatable bonds is 8. The van der Waals surface area contributed by atoms with E-state index in [9.17, 15) is 4.79 Å². The summed E-state index contributed by atoms with van der Waals surface area (Å²) < 4.78 is 5.57. The third kappa shape index (κ3) is 5.65. The maximum absolute atomic E-state index is 13.2. The molecule has 1 aromatic carbocycles. The zero-order chi connectivity index (χ0) is 21.5. The van der Waals surface area contributed by atoms with Crippen molar-refractivity contribution >= 4 is 11.7 Å². The molecule has 1 aliphatic heterocycles. The van der Waals surface area contributed by atoms with Crippen LogP contribution in [0.15, 0.2) is 48.7 Å². The van der Waals surface area contributed by atoms with Gasteiger partial charge in [0.1, 0.15) is 11.6 Å². The van der Waals surface area contributed by atoms with Crippen molar-refractivity contribution in [2.75, 3.05) is 38.2 Å². The van der Waals surface area contributed by atoms with E-state index in [1.54, 1.807) is 13.3 Å². The third-order valence-electron chi connectivity index (χ3n) is 6.91. The minimum Gasteiger partial charge on any atom is -0.496 e. The summed E-state index contributed by atoms with van der Waals surface area (Å²) in [7, 11) is 1.74. The van der Waals surface area contributed by atoms with Crippen LogP contribution in [0.4, 0.5) is 5.82 Å². The maximum atomic E-state index is 13.2. The number of likely N-dealkylation sites (tertiary alicyclic amines) is 1. The molecule has 166 valence electrons. The Balaban J connectivity index is 1.38. The average molecular weight is 422 g/mol. The molecule has 1 aliphatic carbocycles. The van der Waals surface area contributed by atoms with Gasteiger partial charge in [0.15, 0.2) is 0 Å². The van der Waals surface area contributed by atoms with E-state index in [1.807, 2.05) is 35.2 Å². The van der Waals surface area contributed by atoms with Gasteiger partial charge in [0.2, 0.25) is 5.91 Å². The van der Waals surface area contributed by atoms with Crippen molar-refractivity contribution in [2.45, 2.75) is 50.9 Å². The van der Waals surface area contributed by atoms with E-state index in [0.717, 1.165) is 37.6 Å². The number of ether oxygens (including phenoxy) is 1. The summed E-state index contributed by atoms with van der Waals surface area (Å²) in [5.74, 6) is 3.01. The molecule has 1 unspecified atom stereocenters. The van der Waals surface area contributed by atoms with E-state index in [1.165, 1.54) is 37.7 Å². The molecule has 2 aromatic rings. The van der Waals surface area contributed by atoms with Gasteiger partial charge in [-0.2, -0.15) is 0 Å². The van der Waals surface area contributed by atoms with Crippen LogP contribution in [0.1, 0.15) is 56.4 Å². The molecule has 31 heavy (non-hydrogen) atoms. The fourth-order valence-corrected chi connectivity index (χ4v) is 5.16. The first-order valence-electron chi connectivity index (χ1n) is 11.8. The number of hydrogen-bond donors (Lipinski definition) is 0. The zero-order valence-corrected chi connectivity index (χ0v) is 18.7. The zero-order valence-electron chi connectivity index (χ0n) is 18.7. The number of para-hydroxylation sites is 1. The second-order valence-electron chi connectivity index (χ2n) is 8.97. The smallest absolute Gasteiger partial charge is 0.228 e. The molecular weight excluding hydrogens is 386 g/mol. The quantitative estimate of drug-likeness (QED) is 0.609. The molecule has 0 bridgehead atoms. The van der Waals surface area contributed by atoms with Gasteiger partial charge < -0.3 is 9.64 Å². The molecule has 5 nitrogen and oxygen atoms in total. The summed E-state index contributed by atoms with van der Waals surface area (Å²) >= 11 is 0. The highest BCUT2D eigenvalue weighted by Crippen LogP contribution is 2.33. The fraction of sp³-hybridized carbons (Fsp3) is 0.538. The van der Waals surface area contributed by atoms with Crippen LogP contribution in [0.5, 0.6) is 5.75 Å². The van der Waals surface area contributed by atoms with Crippen molar-refractivity contribution in [3.63, 3.8) is 0 Å². The number of amides is 1. The Morgan fingerprint density at radius 3 is 2.68 bits per heavy atom. The van der Waals surface area contributed by atoms with Crippen molar-refractivity contribution in [3.05, 3.63) is 54.2 Å². The lowest BCUT2D eigenvalue weighted by atomic mass is 9.86. The minimum absolute atomic E-state index is 0.228. The Kier molecular flexibility index (Phi) is 7.57. The van der Waals surface area contributed by atoms with Gasteiger partial charge in [0.05, 0.1) is 7.11 Å². The summed E-state index contributed by atoms with van der Waals surface area (Å²) in [5, 5.41) is 0. The number of aromatic nitrogens is 1. The molecule has 1 atom stereocenters. The van der Waals surface area contributed by atoms with E-state index < -0.39 is 0 Å². The summed E-state index contributed by atoms with van der Waals surface area (Å²) in [6.45, 7) is 3.63. The Morgan fingerprint density at radius 1 is 1.10 bits per heavy atom. The van der Waals surface area contributed by atoms with Crippen molar-refractivity contribution < 1.29 is 9.53 Å². The number of hydrogen-bond acceptors (Lipinski definition) is 4. The van der Waals surface area contributed by atoms with Crippen molar-refractivity contribution in [1.82, 2.24) is 9.88 Å². The summed E-state index contributed by atoms with van der Waals surface area (Å²) in [6, 6.07) is 14.2. The number of carbonyl (C=O) groups excluding carboxylic acids is 1. The van der Waals surface area contributed by atoms with E-state index in [2.05, 4.69) is 22.0 Å². The maximum Gasteiger partial charge on any atom is 0.228 e. The second-order valence-corrected chi connectivity index (χ2v) is 8.97. The average Bonchev–Trinajstić information content (AvgIpc) is 3.29. The summed E-state index contributed by atoms with van der Waals surface area (Å²) in [4.78, 5) is 22.1. The molecule has 1 saturated heterocycles. The first kappa shape index (κ1) is 21.8. The number of nitrogens with zero attached hydrogens (tertiary/aromatic N) is 3. The highest BCUT2D eigenvalue weighted by molar-refractivity contribution is 5.92. The first-order chi connectivity index (χ1) is 15.2. The molecule has 0 N–H and O–H groups in total. The van der Waals surface area contributed by atoms with Crippen LogP contribution >= 0.6 is 0 Å². The standard InChI is InChI=1S/C26H35N3O2/c1-31-24-12-6-5-11-23(24)22-14-16-28(20-22)17-18-29(25-13-7-8-15-27-25)26(30)19-21-9-3-2-4-10-21/h5-8,11-13,15,21-22H,2-4,9-10,14,16-20H2,1H3.